The summed E-state index contributed by atoms with van der Waals surface area (Å²) in [5, 5.41) is 2.35. The fourth-order valence-corrected chi connectivity index (χ4v) is 0.987. The molecular weight excluding hydrogens is 202 g/mol. The molecule has 1 aromatic rings. The minimum absolute atomic E-state index is 0.0412. The first-order valence-corrected chi connectivity index (χ1v) is 4.17. The van der Waals surface area contributed by atoms with Gasteiger partial charge in [-0.05, 0) is 6.07 Å². The molecule has 0 radical (unpaired) electrons. The Morgan fingerprint density at radius 3 is 2.80 bits per heavy atom. The van der Waals surface area contributed by atoms with Crippen molar-refractivity contribution in [3.63, 3.8) is 0 Å². The summed E-state index contributed by atoms with van der Waals surface area (Å²) in [5.41, 5.74) is 0.190. The Morgan fingerprint density at radius 1 is 1.47 bits per heavy atom. The van der Waals surface area contributed by atoms with Crippen LogP contribution in [0.5, 0.6) is 0 Å². The van der Waals surface area contributed by atoms with Crippen molar-refractivity contribution in [3.8, 4) is 0 Å². The third-order valence-electron chi connectivity index (χ3n) is 1.71. The lowest BCUT2D eigenvalue weighted by molar-refractivity contribution is -0.119. The van der Waals surface area contributed by atoms with Crippen LogP contribution in [0.4, 0.5) is 8.78 Å². The number of nitrogens with one attached hydrogen (secondary N) is 1. The van der Waals surface area contributed by atoms with Gasteiger partial charge < -0.3 is 10.2 Å². The van der Waals surface area contributed by atoms with Crippen LogP contribution >= 0.6 is 0 Å². The number of nitrogens with zero attached hydrogens (tertiary/aromatic N) is 1. The number of hydrogen-bond acceptors (Lipinski definition) is 1. The summed E-state index contributed by atoms with van der Waals surface area (Å²) in [7, 11) is 0. The molecule has 1 N–H and O–H groups in total. The molecule has 15 heavy (non-hydrogen) atoms. The molecular formula is C10H8F2N2O. The number of benzene rings is 1. The number of carbonyl (C=O) groups excluding carboxylic acids is 1. The van der Waals surface area contributed by atoms with Crippen LogP contribution in [0.15, 0.2) is 18.2 Å². The van der Waals surface area contributed by atoms with E-state index in [4.69, 9.17) is 6.57 Å². The SMILES string of the molecule is [C-]#[N+]CC(=O)NCc1ccc(F)cc1F. The Morgan fingerprint density at radius 2 is 2.20 bits per heavy atom. The fourth-order valence-electron chi connectivity index (χ4n) is 0.987. The highest BCUT2D eigenvalue weighted by Gasteiger charge is 2.07. The number of halogens is 2. The van der Waals surface area contributed by atoms with Gasteiger partial charge in [0.15, 0.2) is 0 Å². The van der Waals surface area contributed by atoms with Crippen molar-refractivity contribution in [1.82, 2.24) is 5.32 Å². The normalized spacial score (nSPS) is 9.40. The molecule has 1 aromatic carbocycles. The van der Waals surface area contributed by atoms with E-state index in [0.717, 1.165) is 12.1 Å². The average Bonchev–Trinajstić information content (AvgIpc) is 2.17. The minimum Gasteiger partial charge on any atom is -0.345 e. The summed E-state index contributed by atoms with van der Waals surface area (Å²) >= 11 is 0. The van der Waals surface area contributed by atoms with Gasteiger partial charge in [-0.25, -0.2) is 15.4 Å². The van der Waals surface area contributed by atoms with E-state index in [1.54, 1.807) is 0 Å². The molecule has 0 saturated heterocycles. The Kier molecular flexibility index (Phi) is 3.75. The molecule has 0 spiro atoms. The van der Waals surface area contributed by atoms with Crippen molar-refractivity contribution in [1.29, 1.82) is 0 Å². The summed E-state index contributed by atoms with van der Waals surface area (Å²) in [6.07, 6.45) is 0. The molecule has 5 heteroatoms. The van der Waals surface area contributed by atoms with Crippen LogP contribution in [0.3, 0.4) is 0 Å². The summed E-state index contributed by atoms with van der Waals surface area (Å²) in [6.45, 7) is 6.10. The Hall–Kier alpha value is -1.96. The molecule has 1 amide bonds. The quantitative estimate of drug-likeness (QED) is 0.753. The van der Waals surface area contributed by atoms with Crippen LogP contribution in [0.2, 0.25) is 0 Å². The molecule has 1 rings (SSSR count). The van der Waals surface area contributed by atoms with Crippen molar-refractivity contribution in [2.75, 3.05) is 6.54 Å². The topological polar surface area (TPSA) is 33.5 Å². The Labute approximate surface area is 85.5 Å². The number of amides is 1. The minimum atomic E-state index is -0.710. The summed E-state index contributed by atoms with van der Waals surface area (Å²) < 4.78 is 25.5. The van der Waals surface area contributed by atoms with Crippen LogP contribution in [0, 0.1) is 18.2 Å². The number of carbonyl (C=O) groups is 1. The van der Waals surface area contributed by atoms with Crippen molar-refractivity contribution in [2.45, 2.75) is 6.54 Å². The maximum Gasteiger partial charge on any atom is 0.300 e. The first kappa shape index (κ1) is 11.1. The molecule has 0 heterocycles. The Bertz CT molecular complexity index is 412. The summed E-state index contributed by atoms with van der Waals surface area (Å²) in [6, 6.07) is 3.11. The van der Waals surface area contributed by atoms with Gasteiger partial charge in [0.2, 0.25) is 0 Å². The van der Waals surface area contributed by atoms with Crippen molar-refractivity contribution in [2.24, 2.45) is 0 Å². The lowest BCUT2D eigenvalue weighted by Crippen LogP contribution is -2.24. The number of rotatable bonds is 3. The van der Waals surface area contributed by atoms with Gasteiger partial charge in [-0.2, -0.15) is 0 Å². The van der Waals surface area contributed by atoms with E-state index in [1.807, 2.05) is 0 Å². The van der Waals surface area contributed by atoms with Gasteiger partial charge in [-0.15, -0.1) is 0 Å². The predicted molar refractivity (Wildman–Crippen MR) is 49.7 cm³/mol. The molecule has 0 aliphatic carbocycles. The van der Waals surface area contributed by atoms with Crippen LogP contribution < -0.4 is 5.32 Å². The van der Waals surface area contributed by atoms with E-state index >= 15 is 0 Å². The lowest BCUT2D eigenvalue weighted by Gasteiger charge is -2.03. The van der Waals surface area contributed by atoms with Gasteiger partial charge in [0.25, 0.3) is 12.5 Å². The van der Waals surface area contributed by atoms with E-state index in [1.165, 1.54) is 6.07 Å². The van der Waals surface area contributed by atoms with E-state index in [2.05, 4.69) is 10.2 Å². The van der Waals surface area contributed by atoms with Gasteiger partial charge in [0, 0.05) is 18.2 Å². The highest BCUT2D eigenvalue weighted by atomic mass is 19.1. The van der Waals surface area contributed by atoms with E-state index in [0.29, 0.717) is 0 Å². The molecule has 0 saturated carbocycles. The van der Waals surface area contributed by atoms with Crippen molar-refractivity contribution >= 4 is 5.91 Å². The fraction of sp³-hybridized carbons (Fsp3) is 0.200. The molecule has 0 atom stereocenters. The average molecular weight is 210 g/mol. The zero-order valence-electron chi connectivity index (χ0n) is 7.76. The number of hydrogen-bond donors (Lipinski definition) is 1. The third kappa shape index (κ3) is 3.35. The molecule has 0 aliphatic rings. The van der Waals surface area contributed by atoms with Gasteiger partial charge >= 0.3 is 0 Å². The monoisotopic (exact) mass is 210 g/mol. The van der Waals surface area contributed by atoms with Crippen molar-refractivity contribution in [3.05, 3.63) is 46.8 Å². The van der Waals surface area contributed by atoms with Crippen LogP contribution in [-0.2, 0) is 11.3 Å². The van der Waals surface area contributed by atoms with E-state index in [-0.39, 0.29) is 18.7 Å². The standard InChI is InChI=1S/C10H8F2N2O/c1-13-6-10(15)14-5-7-2-3-8(11)4-9(7)12/h2-4H,5-6H2,(H,14,15). The second kappa shape index (κ2) is 5.05. The van der Waals surface area contributed by atoms with E-state index in [9.17, 15) is 13.6 Å². The van der Waals surface area contributed by atoms with Gasteiger partial charge in [-0.1, -0.05) is 6.07 Å². The van der Waals surface area contributed by atoms with Crippen LogP contribution in [0.1, 0.15) is 5.56 Å². The molecule has 0 fully saturated rings. The predicted octanol–water partition coefficient (Wildman–Crippen LogP) is 1.50. The zero-order valence-corrected chi connectivity index (χ0v) is 7.76. The second-order valence-corrected chi connectivity index (χ2v) is 2.83. The molecule has 0 aliphatic heterocycles. The van der Waals surface area contributed by atoms with Crippen molar-refractivity contribution < 1.29 is 13.6 Å². The van der Waals surface area contributed by atoms with Gasteiger partial charge in [0.05, 0.1) is 0 Å². The molecule has 78 valence electrons. The Balaban J connectivity index is 2.59. The summed E-state index contributed by atoms with van der Waals surface area (Å²) in [5.74, 6) is -1.85. The molecule has 0 bridgehead atoms. The highest BCUT2D eigenvalue weighted by Crippen LogP contribution is 2.08. The first-order valence-electron chi connectivity index (χ1n) is 4.17. The maximum absolute atomic E-state index is 13.0. The maximum atomic E-state index is 13.0. The highest BCUT2D eigenvalue weighted by molar-refractivity contribution is 5.79. The van der Waals surface area contributed by atoms with Crippen LogP contribution in [0.25, 0.3) is 4.85 Å². The second-order valence-electron chi connectivity index (χ2n) is 2.83. The largest absolute Gasteiger partial charge is 0.345 e. The van der Waals surface area contributed by atoms with E-state index < -0.39 is 17.5 Å². The van der Waals surface area contributed by atoms with Gasteiger partial charge in [-0.3, -0.25) is 4.79 Å². The summed E-state index contributed by atoms with van der Waals surface area (Å²) in [4.78, 5) is 13.7. The molecule has 0 aromatic heterocycles. The first-order chi connectivity index (χ1) is 7.13. The molecule has 3 nitrogen and oxygen atoms in total. The third-order valence-corrected chi connectivity index (χ3v) is 1.71. The smallest absolute Gasteiger partial charge is 0.300 e. The zero-order chi connectivity index (χ0) is 11.3. The lowest BCUT2D eigenvalue weighted by atomic mass is 10.2. The van der Waals surface area contributed by atoms with Crippen LogP contribution in [-0.4, -0.2) is 12.5 Å². The van der Waals surface area contributed by atoms with Gasteiger partial charge in [0.1, 0.15) is 11.6 Å². The molecule has 0 unspecified atom stereocenters.